The van der Waals surface area contributed by atoms with Crippen LogP contribution in [-0.4, -0.2) is 25.0 Å². The Morgan fingerprint density at radius 2 is 2.04 bits per heavy atom. The Labute approximate surface area is 151 Å². The highest BCUT2D eigenvalue weighted by molar-refractivity contribution is 7.98. The average molecular weight is 363 g/mol. The molecule has 0 atom stereocenters. The molecule has 2 aromatic carbocycles. The number of halogens is 1. The fourth-order valence-corrected chi connectivity index (χ4v) is 2.89. The lowest BCUT2D eigenvalue weighted by molar-refractivity contribution is -0.120. The molecular formula is C18H19ClN2O2S. The maximum Gasteiger partial charge on any atom is 0.244 e. The fraction of sp³-hybridized carbons (Fsp3) is 0.222. The van der Waals surface area contributed by atoms with Crippen molar-refractivity contribution in [1.29, 1.82) is 0 Å². The number of hydrazone groups is 1. The topological polar surface area (TPSA) is 50.7 Å². The number of amides is 1. The molecule has 0 heterocycles. The zero-order chi connectivity index (χ0) is 17.4. The van der Waals surface area contributed by atoms with Gasteiger partial charge in [0.05, 0.1) is 19.2 Å². The van der Waals surface area contributed by atoms with Crippen molar-refractivity contribution in [1.82, 2.24) is 5.43 Å². The third-order valence-corrected chi connectivity index (χ3v) is 4.26. The van der Waals surface area contributed by atoms with Gasteiger partial charge in [-0.3, -0.25) is 4.79 Å². The first-order valence-electron chi connectivity index (χ1n) is 7.49. The largest absolute Gasteiger partial charge is 0.494 e. The molecule has 1 amide bonds. The lowest BCUT2D eigenvalue weighted by atomic mass is 10.1. The third kappa shape index (κ3) is 5.58. The molecule has 6 heteroatoms. The summed E-state index contributed by atoms with van der Waals surface area (Å²) in [6.45, 7) is 2.57. The molecule has 0 saturated heterocycles. The first-order chi connectivity index (χ1) is 11.6. The van der Waals surface area contributed by atoms with Crippen LogP contribution in [0.4, 0.5) is 0 Å². The molecule has 2 aromatic rings. The molecular weight excluding hydrogens is 344 g/mol. The predicted octanol–water partition coefficient (Wildman–Crippen LogP) is 4.15. The van der Waals surface area contributed by atoms with E-state index in [1.165, 1.54) is 0 Å². The smallest absolute Gasteiger partial charge is 0.244 e. The van der Waals surface area contributed by atoms with E-state index < -0.39 is 0 Å². The number of carbonyl (C=O) groups excluding carboxylic acids is 1. The molecule has 0 aliphatic rings. The van der Waals surface area contributed by atoms with E-state index in [4.69, 9.17) is 16.3 Å². The summed E-state index contributed by atoms with van der Waals surface area (Å²) < 4.78 is 5.37. The van der Waals surface area contributed by atoms with E-state index in [2.05, 4.69) is 10.5 Å². The highest BCUT2D eigenvalue weighted by Gasteiger charge is 2.08. The SMILES string of the molecule is CCOc1ccc(/C=N\NC(=O)Cc2cc(Cl)ccc2SC)cc1. The normalized spacial score (nSPS) is 10.8. The van der Waals surface area contributed by atoms with Crippen LogP contribution in [0.25, 0.3) is 0 Å². The molecule has 126 valence electrons. The summed E-state index contributed by atoms with van der Waals surface area (Å²) in [5.41, 5.74) is 4.31. The molecule has 4 nitrogen and oxygen atoms in total. The Hall–Kier alpha value is -1.98. The molecule has 0 unspecified atom stereocenters. The van der Waals surface area contributed by atoms with Gasteiger partial charge in [-0.2, -0.15) is 5.10 Å². The molecule has 0 spiro atoms. The molecule has 0 aliphatic heterocycles. The van der Waals surface area contributed by atoms with E-state index in [0.717, 1.165) is 21.8 Å². The lowest BCUT2D eigenvalue weighted by Crippen LogP contribution is -2.20. The van der Waals surface area contributed by atoms with Crippen LogP contribution < -0.4 is 10.2 Å². The Kier molecular flexibility index (Phi) is 7.15. The molecule has 0 fully saturated rings. The van der Waals surface area contributed by atoms with Crippen LogP contribution >= 0.6 is 23.4 Å². The monoisotopic (exact) mass is 362 g/mol. The zero-order valence-electron chi connectivity index (χ0n) is 13.6. The lowest BCUT2D eigenvalue weighted by Gasteiger charge is -2.07. The van der Waals surface area contributed by atoms with E-state index in [1.54, 1.807) is 18.0 Å². The van der Waals surface area contributed by atoms with E-state index in [-0.39, 0.29) is 12.3 Å². The van der Waals surface area contributed by atoms with Gasteiger partial charge in [0.25, 0.3) is 0 Å². The van der Waals surface area contributed by atoms with Gasteiger partial charge in [0.2, 0.25) is 5.91 Å². The van der Waals surface area contributed by atoms with Crippen LogP contribution in [0.3, 0.4) is 0 Å². The van der Waals surface area contributed by atoms with Crippen molar-refractivity contribution in [2.75, 3.05) is 12.9 Å². The number of hydrogen-bond acceptors (Lipinski definition) is 4. The van der Waals surface area contributed by atoms with Gasteiger partial charge in [0.1, 0.15) is 5.75 Å². The van der Waals surface area contributed by atoms with E-state index in [1.807, 2.05) is 55.6 Å². The first-order valence-corrected chi connectivity index (χ1v) is 9.10. The second-order valence-electron chi connectivity index (χ2n) is 4.93. The summed E-state index contributed by atoms with van der Waals surface area (Å²) in [6.07, 6.45) is 3.80. The van der Waals surface area contributed by atoms with Crippen molar-refractivity contribution in [3.05, 3.63) is 58.6 Å². The van der Waals surface area contributed by atoms with Crippen LogP contribution in [0, 0.1) is 0 Å². The Morgan fingerprint density at radius 3 is 2.71 bits per heavy atom. The quantitative estimate of drug-likeness (QED) is 0.457. The minimum absolute atomic E-state index is 0.185. The van der Waals surface area contributed by atoms with Gasteiger partial charge < -0.3 is 4.74 Å². The van der Waals surface area contributed by atoms with Crippen LogP contribution in [-0.2, 0) is 11.2 Å². The third-order valence-electron chi connectivity index (χ3n) is 3.19. The molecule has 0 radical (unpaired) electrons. The Bertz CT molecular complexity index is 717. The number of nitrogens with zero attached hydrogens (tertiary/aromatic N) is 1. The summed E-state index contributed by atoms with van der Waals surface area (Å²) in [5, 5.41) is 4.61. The van der Waals surface area contributed by atoms with E-state index in [0.29, 0.717) is 11.6 Å². The number of nitrogens with one attached hydrogen (secondary N) is 1. The number of benzene rings is 2. The summed E-state index contributed by atoms with van der Waals surface area (Å²) >= 11 is 7.58. The van der Waals surface area contributed by atoms with Gasteiger partial charge in [-0.15, -0.1) is 11.8 Å². The highest BCUT2D eigenvalue weighted by Crippen LogP contribution is 2.24. The minimum Gasteiger partial charge on any atom is -0.494 e. The van der Waals surface area contributed by atoms with Crippen molar-refractivity contribution < 1.29 is 9.53 Å². The molecule has 2 rings (SSSR count). The Balaban J connectivity index is 1.92. The number of ether oxygens (including phenoxy) is 1. The standard InChI is InChI=1S/C18H19ClN2O2S/c1-3-23-16-7-4-13(5-8-16)12-20-21-18(22)11-14-10-15(19)6-9-17(14)24-2/h4-10,12H,3,11H2,1-2H3,(H,21,22)/b20-12-. The van der Waals surface area contributed by atoms with Crippen LogP contribution in [0.5, 0.6) is 5.75 Å². The van der Waals surface area contributed by atoms with Crippen molar-refractivity contribution in [2.24, 2.45) is 5.10 Å². The second kappa shape index (κ2) is 9.35. The maximum absolute atomic E-state index is 12.0. The van der Waals surface area contributed by atoms with E-state index in [9.17, 15) is 4.79 Å². The zero-order valence-corrected chi connectivity index (χ0v) is 15.2. The Morgan fingerprint density at radius 1 is 1.29 bits per heavy atom. The maximum atomic E-state index is 12.0. The van der Waals surface area contributed by atoms with Crippen molar-refractivity contribution >= 4 is 35.5 Å². The summed E-state index contributed by atoms with van der Waals surface area (Å²) in [4.78, 5) is 13.1. The summed E-state index contributed by atoms with van der Waals surface area (Å²) in [5.74, 6) is 0.624. The summed E-state index contributed by atoms with van der Waals surface area (Å²) in [6, 6.07) is 13.0. The van der Waals surface area contributed by atoms with Crippen LogP contribution in [0.1, 0.15) is 18.1 Å². The molecule has 0 aromatic heterocycles. The molecule has 0 saturated carbocycles. The molecule has 24 heavy (non-hydrogen) atoms. The predicted molar refractivity (Wildman–Crippen MR) is 100 cm³/mol. The first kappa shape index (κ1) is 18.4. The van der Waals surface area contributed by atoms with Gasteiger partial charge in [-0.1, -0.05) is 11.6 Å². The molecule has 0 bridgehead atoms. The van der Waals surface area contributed by atoms with Gasteiger partial charge in [-0.25, -0.2) is 5.43 Å². The van der Waals surface area contributed by atoms with Crippen LogP contribution in [0.15, 0.2) is 52.5 Å². The number of thioether (sulfide) groups is 1. The highest BCUT2D eigenvalue weighted by atomic mass is 35.5. The number of rotatable bonds is 7. The van der Waals surface area contributed by atoms with Gasteiger partial charge >= 0.3 is 0 Å². The average Bonchev–Trinajstić information content (AvgIpc) is 2.57. The number of hydrogen-bond donors (Lipinski definition) is 1. The van der Waals surface area contributed by atoms with E-state index >= 15 is 0 Å². The van der Waals surface area contributed by atoms with Crippen LogP contribution in [0.2, 0.25) is 5.02 Å². The second-order valence-corrected chi connectivity index (χ2v) is 6.21. The van der Waals surface area contributed by atoms with Gasteiger partial charge in [0.15, 0.2) is 0 Å². The van der Waals surface area contributed by atoms with Gasteiger partial charge in [0, 0.05) is 9.92 Å². The molecule has 1 N–H and O–H groups in total. The van der Waals surface area contributed by atoms with Crippen molar-refractivity contribution in [3.63, 3.8) is 0 Å². The van der Waals surface area contributed by atoms with Crippen molar-refractivity contribution in [2.45, 2.75) is 18.2 Å². The van der Waals surface area contributed by atoms with Gasteiger partial charge in [-0.05, 0) is 66.8 Å². The minimum atomic E-state index is -0.185. The van der Waals surface area contributed by atoms with Crippen molar-refractivity contribution in [3.8, 4) is 5.75 Å². The fourth-order valence-electron chi connectivity index (χ4n) is 2.09. The summed E-state index contributed by atoms with van der Waals surface area (Å²) in [7, 11) is 0. The number of carbonyl (C=O) groups is 1. The molecule has 0 aliphatic carbocycles.